The number of thiazole rings is 1. The summed E-state index contributed by atoms with van der Waals surface area (Å²) in [7, 11) is 0. The maximum atomic E-state index is 12.6. The monoisotopic (exact) mass is 416 g/mol. The molecule has 1 aromatic carbocycles. The number of hydrogen-bond acceptors (Lipinski definition) is 7. The van der Waals surface area contributed by atoms with Crippen LogP contribution < -0.4 is 16.0 Å². The molecule has 9 heteroatoms. The Bertz CT molecular complexity index is 914. The molecule has 0 unspecified atom stereocenters. The topological polar surface area (TPSA) is 91.8 Å². The molecule has 3 N–H and O–H groups in total. The molecule has 28 heavy (non-hydrogen) atoms. The first-order chi connectivity index (χ1) is 13.3. The van der Waals surface area contributed by atoms with Crippen LogP contribution in [0.5, 0.6) is 0 Å². The van der Waals surface area contributed by atoms with E-state index in [2.05, 4.69) is 30.9 Å². The van der Waals surface area contributed by atoms with Crippen molar-refractivity contribution in [3.63, 3.8) is 0 Å². The average molecular weight is 417 g/mol. The van der Waals surface area contributed by atoms with Crippen LogP contribution in [0.15, 0.2) is 49.1 Å². The summed E-state index contributed by atoms with van der Waals surface area (Å²) in [6.45, 7) is 2.08. The van der Waals surface area contributed by atoms with Crippen molar-refractivity contribution in [3.05, 3.63) is 59.5 Å². The van der Waals surface area contributed by atoms with Gasteiger partial charge >= 0.3 is 0 Å². The molecule has 4 rings (SSSR count). The lowest BCUT2D eigenvalue weighted by atomic mass is 9.97. The van der Waals surface area contributed by atoms with E-state index in [0.717, 1.165) is 31.6 Å². The summed E-state index contributed by atoms with van der Waals surface area (Å²) in [5.41, 5.74) is 1.33. The minimum Gasteiger partial charge on any atom is -0.339 e. The predicted molar refractivity (Wildman–Crippen MR) is 114 cm³/mol. The minimum atomic E-state index is -0.177. The number of amides is 1. The van der Waals surface area contributed by atoms with Gasteiger partial charge in [-0.1, -0.05) is 6.07 Å². The maximum absolute atomic E-state index is 12.6. The molecule has 3 aromatic rings. The van der Waals surface area contributed by atoms with Crippen molar-refractivity contribution in [3.8, 4) is 0 Å². The lowest BCUT2D eigenvalue weighted by Crippen LogP contribution is -2.26. The molecular formula is C19H21ClN6OS. The van der Waals surface area contributed by atoms with Crippen LogP contribution in [-0.2, 0) is 0 Å². The number of nitrogens with one attached hydrogen (secondary N) is 3. The Kier molecular flexibility index (Phi) is 6.91. The number of anilines is 3. The van der Waals surface area contributed by atoms with Crippen molar-refractivity contribution < 1.29 is 4.79 Å². The standard InChI is InChI=1S/C19H20N6OS.ClH/c26-18(25-19-23-11-16(27-19)13-4-6-20-7-5-13)14-2-1-3-15(10-14)24-17-12-21-8-9-22-17;/h1-3,8-13,20H,4-7H2,(H,22,24)(H,23,25,26);1H. The van der Waals surface area contributed by atoms with E-state index in [-0.39, 0.29) is 18.3 Å². The Morgan fingerprint density at radius 3 is 2.79 bits per heavy atom. The van der Waals surface area contributed by atoms with Crippen LogP contribution in [-0.4, -0.2) is 33.9 Å². The lowest BCUT2D eigenvalue weighted by Gasteiger charge is -2.20. The SMILES string of the molecule is Cl.O=C(Nc1ncc(C2CCNCC2)s1)c1cccc(Nc2cnccn2)c1. The van der Waals surface area contributed by atoms with Crippen molar-refractivity contribution in [1.82, 2.24) is 20.3 Å². The highest BCUT2D eigenvalue weighted by Crippen LogP contribution is 2.31. The first-order valence-corrected chi connectivity index (χ1v) is 9.70. The zero-order valence-corrected chi connectivity index (χ0v) is 16.7. The van der Waals surface area contributed by atoms with Gasteiger partial charge in [-0.3, -0.25) is 15.1 Å². The van der Waals surface area contributed by atoms with Crippen molar-refractivity contribution in [1.29, 1.82) is 0 Å². The molecule has 0 atom stereocenters. The molecule has 3 heterocycles. The molecule has 0 bridgehead atoms. The van der Waals surface area contributed by atoms with Gasteiger partial charge in [0.05, 0.1) is 6.20 Å². The molecule has 0 saturated carbocycles. The molecule has 146 valence electrons. The third-order valence-electron chi connectivity index (χ3n) is 4.45. The van der Waals surface area contributed by atoms with Gasteiger partial charge in [0.25, 0.3) is 5.91 Å². The molecule has 0 aliphatic carbocycles. The zero-order chi connectivity index (χ0) is 18.5. The third kappa shape index (κ3) is 5.03. The number of piperidine rings is 1. The van der Waals surface area contributed by atoms with Gasteiger partial charge in [-0.15, -0.1) is 23.7 Å². The number of halogens is 1. The highest BCUT2D eigenvalue weighted by Gasteiger charge is 2.18. The Balaban J connectivity index is 0.00000225. The Morgan fingerprint density at radius 1 is 1.14 bits per heavy atom. The summed E-state index contributed by atoms with van der Waals surface area (Å²) in [6.07, 6.45) is 8.98. The third-order valence-corrected chi connectivity index (χ3v) is 5.52. The van der Waals surface area contributed by atoms with Gasteiger partial charge in [-0.05, 0) is 50.0 Å². The first kappa shape index (κ1) is 20.2. The van der Waals surface area contributed by atoms with E-state index in [4.69, 9.17) is 0 Å². The van der Waals surface area contributed by atoms with Crippen molar-refractivity contribution in [2.45, 2.75) is 18.8 Å². The smallest absolute Gasteiger partial charge is 0.257 e. The van der Waals surface area contributed by atoms with E-state index in [0.29, 0.717) is 22.4 Å². The van der Waals surface area contributed by atoms with Gasteiger partial charge < -0.3 is 10.6 Å². The number of benzene rings is 1. The summed E-state index contributed by atoms with van der Waals surface area (Å²) in [5, 5.41) is 10.1. The van der Waals surface area contributed by atoms with Crippen molar-refractivity contribution in [2.24, 2.45) is 0 Å². The van der Waals surface area contributed by atoms with Crippen LogP contribution in [0.1, 0.15) is 34.0 Å². The van der Waals surface area contributed by atoms with E-state index in [1.54, 1.807) is 42.1 Å². The van der Waals surface area contributed by atoms with Gasteiger partial charge in [0.15, 0.2) is 5.13 Å². The van der Waals surface area contributed by atoms with Crippen LogP contribution in [0.2, 0.25) is 0 Å². The molecular weight excluding hydrogens is 396 g/mol. The molecule has 7 nitrogen and oxygen atoms in total. The van der Waals surface area contributed by atoms with Crippen LogP contribution in [0.3, 0.4) is 0 Å². The van der Waals surface area contributed by atoms with Crippen LogP contribution in [0.4, 0.5) is 16.6 Å². The van der Waals surface area contributed by atoms with Gasteiger partial charge in [-0.25, -0.2) is 9.97 Å². The molecule has 1 amide bonds. The zero-order valence-electron chi connectivity index (χ0n) is 15.1. The second kappa shape index (κ2) is 9.59. The fourth-order valence-corrected chi connectivity index (χ4v) is 4.04. The fraction of sp³-hybridized carbons (Fsp3) is 0.263. The van der Waals surface area contributed by atoms with E-state index in [1.165, 1.54) is 4.88 Å². The molecule has 1 aliphatic rings. The van der Waals surface area contributed by atoms with Gasteiger partial charge in [0, 0.05) is 34.7 Å². The summed E-state index contributed by atoms with van der Waals surface area (Å²) in [4.78, 5) is 26.4. The highest BCUT2D eigenvalue weighted by atomic mass is 35.5. The molecule has 1 saturated heterocycles. The van der Waals surface area contributed by atoms with E-state index >= 15 is 0 Å². The molecule has 1 aliphatic heterocycles. The summed E-state index contributed by atoms with van der Waals surface area (Å²) in [6, 6.07) is 7.27. The van der Waals surface area contributed by atoms with Crippen LogP contribution >= 0.6 is 23.7 Å². The first-order valence-electron chi connectivity index (χ1n) is 8.89. The predicted octanol–water partition coefficient (Wildman–Crippen LogP) is 3.82. The van der Waals surface area contributed by atoms with Gasteiger partial charge in [0.1, 0.15) is 5.82 Å². The number of nitrogens with zero attached hydrogens (tertiary/aromatic N) is 3. The number of hydrogen-bond donors (Lipinski definition) is 3. The quantitative estimate of drug-likeness (QED) is 0.585. The van der Waals surface area contributed by atoms with Crippen LogP contribution in [0.25, 0.3) is 0 Å². The van der Waals surface area contributed by atoms with Gasteiger partial charge in [-0.2, -0.15) is 0 Å². The largest absolute Gasteiger partial charge is 0.339 e. The lowest BCUT2D eigenvalue weighted by molar-refractivity contribution is 0.102. The van der Waals surface area contributed by atoms with Crippen molar-refractivity contribution in [2.75, 3.05) is 23.7 Å². The highest BCUT2D eigenvalue weighted by molar-refractivity contribution is 7.15. The van der Waals surface area contributed by atoms with Crippen molar-refractivity contribution >= 4 is 46.3 Å². The van der Waals surface area contributed by atoms with Gasteiger partial charge in [0.2, 0.25) is 0 Å². The Morgan fingerprint density at radius 2 is 2.00 bits per heavy atom. The molecule has 1 fully saturated rings. The van der Waals surface area contributed by atoms with E-state index in [1.807, 2.05) is 18.3 Å². The van der Waals surface area contributed by atoms with E-state index < -0.39 is 0 Å². The summed E-state index contributed by atoms with van der Waals surface area (Å²) < 4.78 is 0. The Labute approximate surface area is 173 Å². The van der Waals surface area contributed by atoms with Crippen LogP contribution in [0, 0.1) is 0 Å². The number of aromatic nitrogens is 3. The maximum Gasteiger partial charge on any atom is 0.257 e. The molecule has 0 spiro atoms. The normalized spacial score (nSPS) is 14.1. The fourth-order valence-electron chi connectivity index (χ4n) is 3.06. The van der Waals surface area contributed by atoms with E-state index in [9.17, 15) is 4.79 Å². The molecule has 0 radical (unpaired) electrons. The number of rotatable bonds is 5. The second-order valence-corrected chi connectivity index (χ2v) is 7.40. The summed E-state index contributed by atoms with van der Waals surface area (Å²) in [5.74, 6) is 0.986. The Hall–Kier alpha value is -2.55. The number of carbonyl (C=O) groups excluding carboxylic acids is 1. The molecule has 2 aromatic heterocycles. The average Bonchev–Trinajstić information content (AvgIpc) is 3.18. The minimum absolute atomic E-state index is 0. The number of carbonyl (C=O) groups is 1. The summed E-state index contributed by atoms with van der Waals surface area (Å²) >= 11 is 1.56. The second-order valence-electron chi connectivity index (χ2n) is 6.34.